The van der Waals surface area contributed by atoms with Gasteiger partial charge >= 0.3 is 5.97 Å². The molecule has 0 spiro atoms. The van der Waals surface area contributed by atoms with Crippen LogP contribution < -0.4 is 5.32 Å². The lowest BCUT2D eigenvalue weighted by Crippen LogP contribution is -2.35. The minimum Gasteiger partial charge on any atom is -0.480 e. The summed E-state index contributed by atoms with van der Waals surface area (Å²) in [5.41, 5.74) is 3.05. The highest BCUT2D eigenvalue weighted by Gasteiger charge is 2.38. The zero-order chi connectivity index (χ0) is 24.7. The molecule has 2 N–H and O–H groups in total. The Hall–Kier alpha value is -4.10. The minimum absolute atomic E-state index is 0.153. The highest BCUT2D eigenvalue weighted by Crippen LogP contribution is 2.48. The van der Waals surface area contributed by atoms with Crippen LogP contribution in [-0.2, 0) is 9.54 Å². The number of carboxylic acid groups (broad SMARTS) is 1. The molecule has 0 aromatic heterocycles. The fourth-order valence-electron chi connectivity index (χ4n) is 4.09. The Bertz CT molecular complexity index is 1190. The van der Waals surface area contributed by atoms with E-state index in [1.54, 1.807) is 12.1 Å². The maximum atomic E-state index is 12.3. The van der Waals surface area contributed by atoms with Crippen molar-refractivity contribution in [3.8, 4) is 0 Å². The normalized spacial score (nSPS) is 12.0. The minimum atomic E-state index is -1.08. The molecule has 1 atom stereocenters. The first-order valence-corrected chi connectivity index (χ1v) is 12.0. The Labute approximate surface area is 207 Å². The molecule has 0 radical (unpaired) electrons. The Morgan fingerprint density at radius 2 is 1.23 bits per heavy atom. The zero-order valence-corrected chi connectivity index (χ0v) is 19.6. The SMILES string of the molecule is O=C(O)[C@H](CSC(c1ccccc1)(c1ccccc1)c1ccccc1)Nc1ccccc1[N+](=O)[O-]. The molecule has 0 aliphatic carbocycles. The summed E-state index contributed by atoms with van der Waals surface area (Å²) in [7, 11) is 0. The van der Waals surface area contributed by atoms with Crippen LogP contribution in [0.5, 0.6) is 0 Å². The number of thioether (sulfide) groups is 1. The van der Waals surface area contributed by atoms with Gasteiger partial charge in [-0.3, -0.25) is 10.1 Å². The lowest BCUT2D eigenvalue weighted by molar-refractivity contribution is -0.384. The molecule has 7 heteroatoms. The molecule has 0 fully saturated rings. The average molecular weight is 485 g/mol. The average Bonchev–Trinajstić information content (AvgIpc) is 2.90. The molecule has 0 aliphatic rings. The number of rotatable bonds is 10. The van der Waals surface area contributed by atoms with E-state index in [1.807, 2.05) is 91.0 Å². The summed E-state index contributed by atoms with van der Waals surface area (Å²) in [6.45, 7) is 0. The lowest BCUT2D eigenvalue weighted by Gasteiger charge is -2.36. The number of carboxylic acids is 1. The quantitative estimate of drug-likeness (QED) is 0.159. The summed E-state index contributed by atoms with van der Waals surface area (Å²) in [6, 6.07) is 34.9. The van der Waals surface area contributed by atoms with Crippen LogP contribution in [0.15, 0.2) is 115 Å². The molecule has 0 saturated carbocycles. The van der Waals surface area contributed by atoms with Crippen molar-refractivity contribution in [3.63, 3.8) is 0 Å². The highest BCUT2D eigenvalue weighted by atomic mass is 32.2. The van der Waals surface area contributed by atoms with Gasteiger partial charge in [-0.2, -0.15) is 0 Å². The van der Waals surface area contributed by atoms with Crippen LogP contribution in [0.1, 0.15) is 16.7 Å². The number of anilines is 1. The Kier molecular flexibility index (Phi) is 7.48. The van der Waals surface area contributed by atoms with Crippen molar-refractivity contribution < 1.29 is 14.8 Å². The van der Waals surface area contributed by atoms with Crippen molar-refractivity contribution in [1.82, 2.24) is 0 Å². The number of nitrogens with one attached hydrogen (secondary N) is 1. The van der Waals surface area contributed by atoms with Crippen molar-refractivity contribution in [2.45, 2.75) is 10.8 Å². The molecule has 6 nitrogen and oxygen atoms in total. The predicted molar refractivity (Wildman–Crippen MR) is 140 cm³/mol. The molecule has 4 rings (SSSR count). The van der Waals surface area contributed by atoms with Gasteiger partial charge in [0.2, 0.25) is 0 Å². The summed E-state index contributed by atoms with van der Waals surface area (Å²) in [4.78, 5) is 23.2. The van der Waals surface area contributed by atoms with E-state index < -0.39 is 21.7 Å². The van der Waals surface area contributed by atoms with Gasteiger partial charge in [0.05, 0.1) is 9.67 Å². The largest absolute Gasteiger partial charge is 0.480 e. The number of hydrogen-bond donors (Lipinski definition) is 2. The Morgan fingerprint density at radius 1 is 0.800 bits per heavy atom. The third-order valence-corrected chi connectivity index (χ3v) is 7.38. The Balaban J connectivity index is 1.77. The maximum Gasteiger partial charge on any atom is 0.326 e. The number of benzene rings is 4. The molecule has 176 valence electrons. The van der Waals surface area contributed by atoms with Crippen LogP contribution in [-0.4, -0.2) is 27.8 Å². The van der Waals surface area contributed by atoms with Crippen LogP contribution in [0.3, 0.4) is 0 Å². The topological polar surface area (TPSA) is 92.5 Å². The van der Waals surface area contributed by atoms with Crippen molar-refractivity contribution in [2.75, 3.05) is 11.1 Å². The third-order valence-electron chi connectivity index (χ3n) is 5.74. The first-order valence-electron chi connectivity index (χ1n) is 11.1. The van der Waals surface area contributed by atoms with Crippen molar-refractivity contribution in [2.24, 2.45) is 0 Å². The highest BCUT2D eigenvalue weighted by molar-refractivity contribution is 8.00. The molecular weight excluding hydrogens is 460 g/mol. The van der Waals surface area contributed by atoms with Gasteiger partial charge in [0, 0.05) is 11.8 Å². The number of aliphatic carboxylic acids is 1. The molecular formula is C28H24N2O4S. The summed E-state index contributed by atoms with van der Waals surface area (Å²) >= 11 is 1.49. The zero-order valence-electron chi connectivity index (χ0n) is 18.8. The summed E-state index contributed by atoms with van der Waals surface area (Å²) in [5, 5.41) is 24.4. The van der Waals surface area contributed by atoms with E-state index in [4.69, 9.17) is 0 Å². The first-order chi connectivity index (χ1) is 17.0. The second-order valence-electron chi connectivity index (χ2n) is 7.90. The third kappa shape index (κ3) is 5.20. The maximum absolute atomic E-state index is 12.3. The van der Waals surface area contributed by atoms with Crippen molar-refractivity contribution in [1.29, 1.82) is 0 Å². The molecule has 0 aliphatic heterocycles. The van der Waals surface area contributed by atoms with E-state index in [0.717, 1.165) is 16.7 Å². The molecule has 4 aromatic rings. The molecule has 0 amide bonds. The van der Waals surface area contributed by atoms with Crippen LogP contribution in [0.4, 0.5) is 11.4 Å². The smallest absolute Gasteiger partial charge is 0.326 e. The summed E-state index contributed by atoms with van der Waals surface area (Å²) in [5.74, 6) is -0.932. The van der Waals surface area contributed by atoms with Crippen LogP contribution >= 0.6 is 11.8 Å². The van der Waals surface area contributed by atoms with E-state index in [0.29, 0.717) is 0 Å². The second kappa shape index (κ2) is 10.9. The fraction of sp³-hybridized carbons (Fsp3) is 0.107. The van der Waals surface area contributed by atoms with Crippen LogP contribution in [0.2, 0.25) is 0 Å². The van der Waals surface area contributed by atoms with Gasteiger partial charge in [0.25, 0.3) is 5.69 Å². The van der Waals surface area contributed by atoms with E-state index in [9.17, 15) is 20.0 Å². The summed E-state index contributed by atoms with van der Waals surface area (Å²) in [6.07, 6.45) is 0. The standard InChI is InChI=1S/C28H24N2O4S/c31-27(32)25(29-24-18-10-11-19-26(24)30(33)34)20-35-28(21-12-4-1-5-13-21,22-14-6-2-7-15-22)23-16-8-3-9-17-23/h1-19,25,29H,20H2,(H,31,32)/t25-/m0/s1. The number of nitro benzene ring substituents is 1. The van der Waals surface area contributed by atoms with Gasteiger partial charge in [-0.1, -0.05) is 103 Å². The molecule has 0 unspecified atom stereocenters. The number of hydrogen-bond acceptors (Lipinski definition) is 5. The van der Waals surface area contributed by atoms with Gasteiger partial charge in [-0.25, -0.2) is 4.79 Å². The number of para-hydroxylation sites is 2. The Morgan fingerprint density at radius 3 is 1.66 bits per heavy atom. The van der Waals surface area contributed by atoms with Crippen LogP contribution in [0, 0.1) is 10.1 Å². The van der Waals surface area contributed by atoms with E-state index in [2.05, 4.69) is 5.32 Å². The second-order valence-corrected chi connectivity index (χ2v) is 9.13. The molecule has 35 heavy (non-hydrogen) atoms. The lowest BCUT2D eigenvalue weighted by atomic mass is 9.84. The van der Waals surface area contributed by atoms with E-state index in [-0.39, 0.29) is 17.1 Å². The first kappa shape index (κ1) is 24.0. The number of nitro groups is 1. The van der Waals surface area contributed by atoms with Gasteiger partial charge in [0.15, 0.2) is 0 Å². The van der Waals surface area contributed by atoms with Gasteiger partial charge in [-0.05, 0) is 22.8 Å². The van der Waals surface area contributed by atoms with E-state index >= 15 is 0 Å². The van der Waals surface area contributed by atoms with Gasteiger partial charge < -0.3 is 10.4 Å². The molecule has 0 heterocycles. The van der Waals surface area contributed by atoms with Gasteiger partial charge in [0.1, 0.15) is 11.7 Å². The van der Waals surface area contributed by atoms with Crippen molar-refractivity contribution in [3.05, 3.63) is 142 Å². The number of nitrogens with zero attached hydrogens (tertiary/aromatic N) is 1. The molecule has 0 bridgehead atoms. The molecule has 0 saturated heterocycles. The fourth-order valence-corrected chi connectivity index (χ4v) is 5.65. The van der Waals surface area contributed by atoms with Gasteiger partial charge in [-0.15, -0.1) is 11.8 Å². The van der Waals surface area contributed by atoms with E-state index in [1.165, 1.54) is 23.9 Å². The van der Waals surface area contributed by atoms with Crippen molar-refractivity contribution >= 4 is 29.1 Å². The predicted octanol–water partition coefficient (Wildman–Crippen LogP) is 6.19. The monoisotopic (exact) mass is 484 g/mol. The molecule has 4 aromatic carbocycles. The summed E-state index contributed by atoms with van der Waals surface area (Å²) < 4.78 is -0.693. The number of carbonyl (C=O) groups is 1. The van der Waals surface area contributed by atoms with Crippen LogP contribution in [0.25, 0.3) is 0 Å².